The smallest absolute Gasteiger partial charge is 0.323 e. The van der Waals surface area contributed by atoms with E-state index in [4.69, 9.17) is 4.74 Å². The standard InChI is InChI=1S/C38H28N6O13S3/c1-57-31-5-3-2-4-30(31)42-44-35-33(60(54,55)56)19-23-16-25(10-13-29(23)37(35)46)40-38(47)39-24-9-12-28-22(15-24)18-32(59(51,52)53)34(36(28)45)43-41-26-8-6-21-17-27(58(48,49)50)11-7-20(21)14-26/h2-19,45-46H,1H3,(H2,39,40,47)(H,48,49,50)(H,51,52,53)(H,54,55,56). The molecule has 2 amide bonds. The van der Waals surface area contributed by atoms with Crippen molar-refractivity contribution in [1.29, 1.82) is 0 Å². The van der Waals surface area contributed by atoms with Crippen LogP contribution < -0.4 is 15.4 Å². The van der Waals surface area contributed by atoms with Crippen molar-refractivity contribution in [2.45, 2.75) is 14.7 Å². The number of aromatic hydroxyl groups is 2. The number of carbonyl (C=O) groups is 1. The van der Waals surface area contributed by atoms with E-state index in [0.717, 1.165) is 12.1 Å². The van der Waals surface area contributed by atoms with Crippen molar-refractivity contribution in [3.8, 4) is 17.2 Å². The zero-order valence-electron chi connectivity index (χ0n) is 30.4. The molecule has 7 aromatic carbocycles. The third-order valence-corrected chi connectivity index (χ3v) is 11.5. The first kappa shape index (κ1) is 41.1. The number of methoxy groups -OCH3 is 1. The average molecular weight is 873 g/mol. The van der Waals surface area contributed by atoms with Crippen LogP contribution in [0.1, 0.15) is 0 Å². The molecular formula is C38H28N6O13S3. The second-order valence-electron chi connectivity index (χ2n) is 12.8. The van der Waals surface area contributed by atoms with Crippen LogP contribution in [0.4, 0.5) is 38.9 Å². The summed E-state index contributed by atoms with van der Waals surface area (Å²) in [5.74, 6) is -0.992. The number of nitrogens with zero attached hydrogens (tertiary/aromatic N) is 4. The van der Waals surface area contributed by atoms with E-state index in [1.807, 2.05) is 0 Å². The summed E-state index contributed by atoms with van der Waals surface area (Å²) in [5, 5.41) is 44.2. The molecule has 0 aliphatic heterocycles. The van der Waals surface area contributed by atoms with Crippen molar-refractivity contribution in [3.63, 3.8) is 0 Å². The van der Waals surface area contributed by atoms with Gasteiger partial charge in [-0.2, -0.15) is 30.4 Å². The van der Waals surface area contributed by atoms with Crippen molar-refractivity contribution in [2.24, 2.45) is 20.5 Å². The lowest BCUT2D eigenvalue weighted by Crippen LogP contribution is -2.19. The minimum atomic E-state index is -5.02. The Hall–Kier alpha value is -7.08. The number of phenolic OH excluding ortho intramolecular Hbond substituents is 2. The van der Waals surface area contributed by atoms with Crippen molar-refractivity contribution in [2.75, 3.05) is 17.7 Å². The number of amides is 2. The Kier molecular flexibility index (Phi) is 10.7. The minimum absolute atomic E-state index is 0.0507. The Morgan fingerprint density at radius 3 is 1.60 bits per heavy atom. The van der Waals surface area contributed by atoms with E-state index < -0.39 is 69.1 Å². The maximum Gasteiger partial charge on any atom is 0.323 e. The molecule has 0 aromatic heterocycles. The highest BCUT2D eigenvalue weighted by Gasteiger charge is 2.24. The first-order chi connectivity index (χ1) is 28.3. The molecule has 0 aliphatic rings. The van der Waals surface area contributed by atoms with E-state index in [1.54, 1.807) is 18.2 Å². The summed E-state index contributed by atoms with van der Waals surface area (Å²) in [4.78, 5) is 11.2. The van der Waals surface area contributed by atoms with E-state index in [9.17, 15) is 53.9 Å². The number of urea groups is 1. The Bertz CT molecular complexity index is 3340. The van der Waals surface area contributed by atoms with Gasteiger partial charge in [-0.3, -0.25) is 13.7 Å². The third-order valence-electron chi connectivity index (χ3n) is 8.88. The van der Waals surface area contributed by atoms with Crippen LogP contribution in [0.5, 0.6) is 17.2 Å². The molecule has 7 aromatic rings. The molecule has 0 radical (unpaired) electrons. The van der Waals surface area contributed by atoms with Gasteiger partial charge in [0.05, 0.1) is 17.7 Å². The summed E-state index contributed by atoms with van der Waals surface area (Å²) in [7, 11) is -13.0. The number of para-hydroxylation sites is 1. The molecule has 306 valence electrons. The molecule has 0 spiro atoms. The molecule has 7 N–H and O–H groups in total. The number of benzene rings is 7. The molecule has 0 unspecified atom stereocenters. The summed E-state index contributed by atoms with van der Waals surface area (Å²) in [6.45, 7) is 0. The van der Waals surface area contributed by atoms with E-state index in [0.29, 0.717) is 16.5 Å². The van der Waals surface area contributed by atoms with Gasteiger partial charge in [0.1, 0.15) is 32.6 Å². The molecule has 0 heterocycles. The Morgan fingerprint density at radius 2 is 1.07 bits per heavy atom. The lowest BCUT2D eigenvalue weighted by Gasteiger charge is -2.13. The molecule has 22 heteroatoms. The van der Waals surface area contributed by atoms with Crippen LogP contribution in [-0.4, -0.2) is 62.3 Å². The molecule has 0 bridgehead atoms. The number of anilines is 2. The van der Waals surface area contributed by atoms with Crippen molar-refractivity contribution >= 4 is 103 Å². The Morgan fingerprint density at radius 1 is 0.550 bits per heavy atom. The fourth-order valence-corrected chi connectivity index (χ4v) is 7.93. The Labute approximate surface area is 339 Å². The number of carbonyl (C=O) groups excluding carboxylic acids is 1. The number of fused-ring (bicyclic) bond motifs is 3. The average Bonchev–Trinajstić information content (AvgIpc) is 3.18. The van der Waals surface area contributed by atoms with Gasteiger partial charge in [-0.05, 0) is 106 Å². The summed E-state index contributed by atoms with van der Waals surface area (Å²) in [5.41, 5.74) is -0.567. The first-order valence-corrected chi connectivity index (χ1v) is 21.2. The van der Waals surface area contributed by atoms with E-state index in [-0.39, 0.29) is 49.2 Å². The lowest BCUT2D eigenvalue weighted by atomic mass is 10.1. The number of nitrogens with one attached hydrogen (secondary N) is 2. The molecule has 0 saturated carbocycles. The second-order valence-corrected chi connectivity index (χ2v) is 17.0. The van der Waals surface area contributed by atoms with E-state index >= 15 is 0 Å². The monoisotopic (exact) mass is 872 g/mol. The zero-order valence-corrected chi connectivity index (χ0v) is 32.9. The number of rotatable bonds is 10. The highest BCUT2D eigenvalue weighted by molar-refractivity contribution is 7.86. The molecule has 7 rings (SSSR count). The third kappa shape index (κ3) is 8.54. The normalized spacial score (nSPS) is 12.5. The minimum Gasteiger partial charge on any atom is -0.505 e. The predicted octanol–water partition coefficient (Wildman–Crippen LogP) is 8.78. The van der Waals surface area contributed by atoms with Gasteiger partial charge >= 0.3 is 6.03 Å². The van der Waals surface area contributed by atoms with Crippen LogP contribution >= 0.6 is 0 Å². The van der Waals surface area contributed by atoms with Crippen molar-refractivity contribution < 1.29 is 58.7 Å². The van der Waals surface area contributed by atoms with Gasteiger partial charge in [-0.25, -0.2) is 4.79 Å². The van der Waals surface area contributed by atoms with Crippen LogP contribution in [-0.2, 0) is 30.4 Å². The fraction of sp³-hybridized carbons (Fsp3) is 0.0263. The highest BCUT2D eigenvalue weighted by Crippen LogP contribution is 2.44. The van der Waals surface area contributed by atoms with Gasteiger partial charge in [-0.1, -0.05) is 24.3 Å². The number of hydrogen-bond acceptors (Lipinski definition) is 14. The van der Waals surface area contributed by atoms with Crippen LogP contribution in [0.3, 0.4) is 0 Å². The number of hydrogen-bond donors (Lipinski definition) is 7. The summed E-state index contributed by atoms with van der Waals surface area (Å²) in [6.07, 6.45) is 0. The first-order valence-electron chi connectivity index (χ1n) is 16.9. The maximum absolute atomic E-state index is 13.1. The summed E-state index contributed by atoms with van der Waals surface area (Å²) in [6, 6.07) is 23.9. The predicted molar refractivity (Wildman–Crippen MR) is 219 cm³/mol. The van der Waals surface area contributed by atoms with Crippen molar-refractivity contribution in [3.05, 3.63) is 109 Å². The quantitative estimate of drug-likeness (QED) is 0.0500. The van der Waals surface area contributed by atoms with Gasteiger partial charge in [-0.15, -0.1) is 15.3 Å². The maximum atomic E-state index is 13.1. The van der Waals surface area contributed by atoms with E-state index in [1.165, 1.54) is 86.0 Å². The largest absolute Gasteiger partial charge is 0.505 e. The summed E-state index contributed by atoms with van der Waals surface area (Å²) < 4.78 is 107. The van der Waals surface area contributed by atoms with Crippen LogP contribution in [0, 0.1) is 0 Å². The molecule has 19 nitrogen and oxygen atoms in total. The van der Waals surface area contributed by atoms with E-state index in [2.05, 4.69) is 31.1 Å². The number of azo groups is 2. The number of phenols is 2. The van der Waals surface area contributed by atoms with Crippen LogP contribution in [0.25, 0.3) is 32.3 Å². The van der Waals surface area contributed by atoms with Crippen LogP contribution in [0.15, 0.2) is 144 Å². The lowest BCUT2D eigenvalue weighted by molar-refractivity contribution is 0.262. The summed E-state index contributed by atoms with van der Waals surface area (Å²) >= 11 is 0. The molecular weight excluding hydrogens is 845 g/mol. The van der Waals surface area contributed by atoms with Gasteiger partial charge < -0.3 is 25.6 Å². The molecule has 0 fully saturated rings. The van der Waals surface area contributed by atoms with Crippen LogP contribution in [0.2, 0.25) is 0 Å². The topological polar surface area (TPSA) is 303 Å². The highest BCUT2D eigenvalue weighted by atomic mass is 32.2. The SMILES string of the molecule is COc1ccccc1N=Nc1c(S(=O)(=O)O)cc2cc(NC(=O)Nc3ccc4c(O)c(N=Nc5ccc6cc(S(=O)(=O)O)ccc6c5)c(S(=O)(=O)O)cc4c3)ccc2c1O. The molecule has 0 aliphatic carbocycles. The molecule has 0 atom stereocenters. The zero-order chi connectivity index (χ0) is 43.1. The molecule has 0 saturated heterocycles. The van der Waals surface area contributed by atoms with Gasteiger partial charge in [0.15, 0.2) is 11.5 Å². The van der Waals surface area contributed by atoms with Gasteiger partial charge in [0.2, 0.25) is 0 Å². The Balaban J connectivity index is 1.14. The molecule has 60 heavy (non-hydrogen) atoms. The second kappa shape index (κ2) is 15.6. The fourth-order valence-electron chi connectivity index (χ4n) is 6.10. The van der Waals surface area contributed by atoms with Crippen molar-refractivity contribution in [1.82, 2.24) is 0 Å². The van der Waals surface area contributed by atoms with Gasteiger partial charge in [0.25, 0.3) is 30.4 Å². The van der Waals surface area contributed by atoms with Gasteiger partial charge in [0, 0.05) is 22.1 Å². The number of ether oxygens (including phenoxy) is 1.